The Hall–Kier alpha value is -0.450. The molecule has 0 spiro atoms. The van der Waals surface area contributed by atoms with Crippen LogP contribution in [0.25, 0.3) is 0 Å². The minimum absolute atomic E-state index is 0.535. The lowest BCUT2D eigenvalue weighted by Crippen LogP contribution is -2.41. The second-order valence-corrected chi connectivity index (χ2v) is 6.11. The number of likely N-dealkylation sites (N-methyl/N-ethyl adjacent to an activating group) is 1. The van der Waals surface area contributed by atoms with E-state index in [1.54, 1.807) is 11.3 Å². The fraction of sp³-hybridized carbons (Fsp3) is 0.786. The van der Waals surface area contributed by atoms with Crippen molar-refractivity contribution in [1.29, 1.82) is 0 Å². The lowest BCUT2D eigenvalue weighted by molar-refractivity contribution is 0.233. The Bertz CT molecular complexity index is 334. The maximum absolute atomic E-state index is 4.52. The lowest BCUT2D eigenvalue weighted by atomic mass is 10.1. The van der Waals surface area contributed by atoms with Gasteiger partial charge >= 0.3 is 0 Å². The van der Waals surface area contributed by atoms with Crippen LogP contribution in [0.4, 0.5) is 0 Å². The van der Waals surface area contributed by atoms with Crippen LogP contribution in [0.5, 0.6) is 0 Å². The van der Waals surface area contributed by atoms with E-state index in [1.165, 1.54) is 18.5 Å². The Kier molecular flexibility index (Phi) is 6.82. The summed E-state index contributed by atoms with van der Waals surface area (Å²) in [4.78, 5) is 6.88. The first-order valence-electron chi connectivity index (χ1n) is 6.91. The Labute approximate surface area is 116 Å². The molecule has 0 fully saturated rings. The normalized spacial score (nSPS) is 13.5. The predicted octanol–water partition coefficient (Wildman–Crippen LogP) is 3.05. The van der Waals surface area contributed by atoms with E-state index in [4.69, 9.17) is 0 Å². The van der Waals surface area contributed by atoms with Gasteiger partial charge in [-0.05, 0) is 33.7 Å². The molecule has 1 atom stereocenters. The first kappa shape index (κ1) is 15.6. The van der Waals surface area contributed by atoms with E-state index in [0.29, 0.717) is 12.1 Å². The summed E-state index contributed by atoms with van der Waals surface area (Å²) in [7, 11) is 2.17. The zero-order valence-corrected chi connectivity index (χ0v) is 13.2. The number of nitrogens with one attached hydrogen (secondary N) is 1. The van der Waals surface area contributed by atoms with Crippen molar-refractivity contribution in [2.24, 2.45) is 0 Å². The molecule has 0 amide bonds. The first-order chi connectivity index (χ1) is 8.56. The van der Waals surface area contributed by atoms with Gasteiger partial charge in [-0.2, -0.15) is 0 Å². The third-order valence-electron chi connectivity index (χ3n) is 3.52. The summed E-state index contributed by atoms with van der Waals surface area (Å²) in [5, 5.41) is 6.94. The van der Waals surface area contributed by atoms with E-state index in [-0.39, 0.29) is 0 Å². The second kappa shape index (κ2) is 7.87. The van der Waals surface area contributed by atoms with Crippen molar-refractivity contribution in [1.82, 2.24) is 15.2 Å². The van der Waals surface area contributed by atoms with Crippen molar-refractivity contribution in [3.8, 4) is 0 Å². The molecule has 0 aliphatic heterocycles. The summed E-state index contributed by atoms with van der Waals surface area (Å²) < 4.78 is 0. The number of hydrogen-bond donors (Lipinski definition) is 1. The van der Waals surface area contributed by atoms with Gasteiger partial charge in [-0.1, -0.05) is 13.8 Å². The van der Waals surface area contributed by atoms with E-state index >= 15 is 0 Å². The van der Waals surface area contributed by atoms with Crippen LogP contribution in [0.2, 0.25) is 0 Å². The van der Waals surface area contributed by atoms with Crippen LogP contribution in [-0.4, -0.2) is 35.6 Å². The third kappa shape index (κ3) is 5.04. The summed E-state index contributed by atoms with van der Waals surface area (Å²) in [5.41, 5.74) is 1.19. The van der Waals surface area contributed by atoms with Crippen LogP contribution >= 0.6 is 11.3 Å². The summed E-state index contributed by atoms with van der Waals surface area (Å²) in [5.74, 6) is 0. The van der Waals surface area contributed by atoms with Crippen molar-refractivity contribution in [3.05, 3.63) is 16.1 Å². The maximum atomic E-state index is 4.52. The van der Waals surface area contributed by atoms with Crippen molar-refractivity contribution in [2.45, 2.75) is 59.2 Å². The molecule has 0 aliphatic carbocycles. The van der Waals surface area contributed by atoms with Crippen LogP contribution in [-0.2, 0) is 6.54 Å². The van der Waals surface area contributed by atoms with Crippen molar-refractivity contribution >= 4 is 11.3 Å². The Morgan fingerprint density at radius 3 is 2.56 bits per heavy atom. The van der Waals surface area contributed by atoms with E-state index in [9.17, 15) is 0 Å². The molecule has 0 aromatic carbocycles. The van der Waals surface area contributed by atoms with Gasteiger partial charge in [0.1, 0.15) is 0 Å². The number of hydrogen-bond acceptors (Lipinski definition) is 4. The quantitative estimate of drug-likeness (QED) is 0.786. The topological polar surface area (TPSA) is 28.2 Å². The molecule has 4 heteroatoms. The van der Waals surface area contributed by atoms with Crippen LogP contribution in [0.1, 0.15) is 44.3 Å². The van der Waals surface area contributed by atoms with Gasteiger partial charge in [-0.3, -0.25) is 4.90 Å². The number of rotatable bonds is 8. The van der Waals surface area contributed by atoms with Crippen LogP contribution < -0.4 is 5.32 Å². The summed E-state index contributed by atoms with van der Waals surface area (Å²) in [6.07, 6.45) is 2.41. The van der Waals surface area contributed by atoms with Gasteiger partial charge in [0, 0.05) is 30.6 Å². The standard InChI is InChI=1S/C14H27N3S/c1-6-13(7-2)15-8-11(3)17(5)9-14-10-18-12(4)16-14/h10-11,13,15H,6-9H2,1-5H3. The number of thiazole rings is 1. The zero-order chi connectivity index (χ0) is 13.5. The van der Waals surface area contributed by atoms with Gasteiger partial charge in [0.25, 0.3) is 0 Å². The number of nitrogens with zero attached hydrogens (tertiary/aromatic N) is 2. The molecular formula is C14H27N3S. The molecule has 1 unspecified atom stereocenters. The molecule has 1 aromatic rings. The summed E-state index contributed by atoms with van der Waals surface area (Å²) in [6, 6.07) is 1.19. The fourth-order valence-electron chi connectivity index (χ4n) is 1.96. The third-order valence-corrected chi connectivity index (χ3v) is 4.34. The van der Waals surface area contributed by atoms with E-state index < -0.39 is 0 Å². The maximum Gasteiger partial charge on any atom is 0.0897 e. The van der Waals surface area contributed by atoms with E-state index in [0.717, 1.165) is 18.1 Å². The van der Waals surface area contributed by atoms with Gasteiger partial charge in [0.05, 0.1) is 10.7 Å². The van der Waals surface area contributed by atoms with E-state index in [1.807, 2.05) is 0 Å². The smallest absolute Gasteiger partial charge is 0.0897 e. The highest BCUT2D eigenvalue weighted by Crippen LogP contribution is 2.11. The van der Waals surface area contributed by atoms with Gasteiger partial charge in [-0.15, -0.1) is 11.3 Å². The van der Waals surface area contributed by atoms with Crippen molar-refractivity contribution in [3.63, 3.8) is 0 Å². The SMILES string of the molecule is CCC(CC)NCC(C)N(C)Cc1csc(C)n1. The second-order valence-electron chi connectivity index (χ2n) is 5.04. The molecule has 3 nitrogen and oxygen atoms in total. The molecule has 0 saturated heterocycles. The highest BCUT2D eigenvalue weighted by Gasteiger charge is 2.12. The molecule has 1 rings (SSSR count). The Balaban J connectivity index is 2.34. The average molecular weight is 269 g/mol. The molecule has 1 heterocycles. The number of aryl methyl sites for hydroxylation is 1. The summed E-state index contributed by atoms with van der Waals surface area (Å²) in [6.45, 7) is 10.8. The van der Waals surface area contributed by atoms with Crippen LogP contribution in [0.3, 0.4) is 0 Å². The van der Waals surface area contributed by atoms with Gasteiger partial charge in [-0.25, -0.2) is 4.98 Å². The molecule has 0 saturated carbocycles. The lowest BCUT2D eigenvalue weighted by Gasteiger charge is -2.26. The van der Waals surface area contributed by atoms with Crippen molar-refractivity contribution < 1.29 is 0 Å². The van der Waals surface area contributed by atoms with Gasteiger partial charge in [0.15, 0.2) is 0 Å². The highest BCUT2D eigenvalue weighted by molar-refractivity contribution is 7.09. The minimum Gasteiger partial charge on any atom is -0.312 e. The van der Waals surface area contributed by atoms with Crippen LogP contribution in [0.15, 0.2) is 5.38 Å². The molecular weight excluding hydrogens is 242 g/mol. The average Bonchev–Trinajstić information content (AvgIpc) is 2.75. The first-order valence-corrected chi connectivity index (χ1v) is 7.79. The predicted molar refractivity (Wildman–Crippen MR) is 80.2 cm³/mol. The molecule has 1 N–H and O–H groups in total. The molecule has 1 aromatic heterocycles. The minimum atomic E-state index is 0.535. The number of aromatic nitrogens is 1. The van der Waals surface area contributed by atoms with Gasteiger partial charge < -0.3 is 5.32 Å². The molecule has 0 radical (unpaired) electrons. The van der Waals surface area contributed by atoms with Crippen molar-refractivity contribution in [2.75, 3.05) is 13.6 Å². The Morgan fingerprint density at radius 2 is 2.06 bits per heavy atom. The molecule has 0 aliphatic rings. The molecule has 18 heavy (non-hydrogen) atoms. The van der Waals surface area contributed by atoms with Crippen LogP contribution in [0, 0.1) is 6.92 Å². The molecule has 0 bridgehead atoms. The Morgan fingerprint density at radius 1 is 1.39 bits per heavy atom. The monoisotopic (exact) mass is 269 g/mol. The van der Waals surface area contributed by atoms with Gasteiger partial charge in [0.2, 0.25) is 0 Å². The fourth-order valence-corrected chi connectivity index (χ4v) is 2.57. The molecule has 104 valence electrons. The van der Waals surface area contributed by atoms with E-state index in [2.05, 4.69) is 55.3 Å². The largest absolute Gasteiger partial charge is 0.312 e. The zero-order valence-electron chi connectivity index (χ0n) is 12.4. The summed E-state index contributed by atoms with van der Waals surface area (Å²) >= 11 is 1.73. The highest BCUT2D eigenvalue weighted by atomic mass is 32.1.